The number of nitrogens with one attached hydrogen (secondary N) is 1. The molecule has 34 heavy (non-hydrogen) atoms. The van der Waals surface area contributed by atoms with Gasteiger partial charge in [-0.25, -0.2) is 9.67 Å². The van der Waals surface area contributed by atoms with Crippen molar-refractivity contribution >= 4 is 16.9 Å². The van der Waals surface area contributed by atoms with Gasteiger partial charge in [-0.1, -0.05) is 30.3 Å². The van der Waals surface area contributed by atoms with E-state index in [1.807, 2.05) is 37.3 Å². The van der Waals surface area contributed by atoms with Crippen LogP contribution in [-0.2, 0) is 24.3 Å². The van der Waals surface area contributed by atoms with Crippen LogP contribution in [0.15, 0.2) is 59.8 Å². The second-order valence-corrected chi connectivity index (χ2v) is 7.93. The van der Waals surface area contributed by atoms with Crippen LogP contribution in [0.4, 0.5) is 0 Å². The normalized spacial score (nSPS) is 10.9. The van der Waals surface area contributed by atoms with E-state index in [1.54, 1.807) is 41.9 Å². The minimum absolute atomic E-state index is 0.128. The van der Waals surface area contributed by atoms with Gasteiger partial charge in [-0.05, 0) is 35.7 Å². The van der Waals surface area contributed by atoms with Gasteiger partial charge in [0.2, 0.25) is 5.91 Å². The number of fused-ring (bicyclic) bond motifs is 1. The van der Waals surface area contributed by atoms with Gasteiger partial charge in [0, 0.05) is 6.54 Å². The third kappa shape index (κ3) is 4.93. The Morgan fingerprint density at radius 1 is 1.09 bits per heavy atom. The summed E-state index contributed by atoms with van der Waals surface area (Å²) in [7, 11) is 3.12. The Labute approximate surface area is 197 Å². The van der Waals surface area contributed by atoms with Crippen LogP contribution in [0.1, 0.15) is 16.7 Å². The van der Waals surface area contributed by atoms with E-state index >= 15 is 0 Å². The summed E-state index contributed by atoms with van der Waals surface area (Å²) in [5, 5.41) is 7.64. The van der Waals surface area contributed by atoms with Gasteiger partial charge in [0.15, 0.2) is 17.1 Å². The summed E-state index contributed by atoms with van der Waals surface area (Å²) in [5.41, 5.74) is 3.36. The molecule has 0 radical (unpaired) electrons. The van der Waals surface area contributed by atoms with Crippen LogP contribution in [0.2, 0.25) is 0 Å². The zero-order valence-electron chi connectivity index (χ0n) is 19.4. The molecular weight excluding hydrogens is 434 g/mol. The topological polar surface area (TPSA) is 100 Å². The average Bonchev–Trinajstić information content (AvgIpc) is 3.25. The molecule has 4 rings (SSSR count). The molecule has 0 bridgehead atoms. The number of benzene rings is 2. The fourth-order valence-electron chi connectivity index (χ4n) is 3.78. The third-order valence-corrected chi connectivity index (χ3v) is 5.68. The predicted octanol–water partition coefficient (Wildman–Crippen LogP) is 2.33. The summed E-state index contributed by atoms with van der Waals surface area (Å²) in [6.07, 6.45) is 3.29. The van der Waals surface area contributed by atoms with Crippen molar-refractivity contribution < 1.29 is 14.3 Å². The van der Waals surface area contributed by atoms with Crippen LogP contribution < -0.4 is 20.3 Å². The van der Waals surface area contributed by atoms with Crippen LogP contribution in [0.3, 0.4) is 0 Å². The number of hydrogen-bond donors (Lipinski definition) is 1. The summed E-state index contributed by atoms with van der Waals surface area (Å²) < 4.78 is 13.7. The number of aromatic nitrogens is 4. The van der Waals surface area contributed by atoms with Crippen LogP contribution in [0, 0.1) is 6.92 Å². The van der Waals surface area contributed by atoms with Gasteiger partial charge in [0.1, 0.15) is 11.7 Å². The van der Waals surface area contributed by atoms with E-state index < -0.39 is 0 Å². The zero-order chi connectivity index (χ0) is 24.1. The van der Waals surface area contributed by atoms with E-state index in [0.29, 0.717) is 42.2 Å². The maximum absolute atomic E-state index is 12.9. The summed E-state index contributed by atoms with van der Waals surface area (Å²) in [5.74, 6) is 1.06. The Hall–Kier alpha value is -4.14. The van der Waals surface area contributed by atoms with E-state index in [9.17, 15) is 9.59 Å². The second kappa shape index (κ2) is 10.2. The molecule has 0 aliphatic carbocycles. The lowest BCUT2D eigenvalue weighted by Gasteiger charge is -2.10. The largest absolute Gasteiger partial charge is 0.493 e. The second-order valence-electron chi connectivity index (χ2n) is 7.93. The number of hydrogen-bond acceptors (Lipinski definition) is 6. The summed E-state index contributed by atoms with van der Waals surface area (Å²) in [6, 6.07) is 13.3. The standard InChI is InChI=1S/C25H27N5O4/c1-17-6-4-5-7-19(17)15-29-16-27-24-20(25(29)32)14-28-30(24)11-10-26-23(31)13-18-8-9-21(33-2)22(12-18)34-3/h4-9,12,14,16H,10-11,13,15H2,1-3H3,(H,26,31). The first-order chi connectivity index (χ1) is 16.5. The molecule has 0 unspecified atom stereocenters. The minimum atomic E-state index is -0.142. The first-order valence-electron chi connectivity index (χ1n) is 10.9. The van der Waals surface area contributed by atoms with Crippen molar-refractivity contribution in [1.29, 1.82) is 0 Å². The molecule has 2 heterocycles. The highest BCUT2D eigenvalue weighted by molar-refractivity contribution is 5.78. The molecule has 1 amide bonds. The fraction of sp³-hybridized carbons (Fsp3) is 0.280. The van der Waals surface area contributed by atoms with Crippen molar-refractivity contribution in [2.24, 2.45) is 0 Å². The first kappa shape index (κ1) is 23.0. The van der Waals surface area contributed by atoms with Crippen LogP contribution in [-0.4, -0.2) is 46.0 Å². The number of nitrogens with zero attached hydrogens (tertiary/aromatic N) is 4. The molecule has 9 nitrogen and oxygen atoms in total. The molecule has 0 saturated heterocycles. The molecule has 176 valence electrons. The minimum Gasteiger partial charge on any atom is -0.493 e. The number of amides is 1. The van der Waals surface area contributed by atoms with Gasteiger partial charge in [0.05, 0.1) is 39.9 Å². The van der Waals surface area contributed by atoms with Crippen molar-refractivity contribution in [3.05, 3.63) is 82.0 Å². The maximum Gasteiger partial charge on any atom is 0.264 e. The fourth-order valence-corrected chi connectivity index (χ4v) is 3.78. The molecule has 0 saturated carbocycles. The quantitative estimate of drug-likeness (QED) is 0.411. The number of ether oxygens (including phenoxy) is 2. The number of methoxy groups -OCH3 is 2. The van der Waals surface area contributed by atoms with Gasteiger partial charge in [-0.3, -0.25) is 14.2 Å². The Morgan fingerprint density at radius 2 is 1.88 bits per heavy atom. The van der Waals surface area contributed by atoms with Crippen molar-refractivity contribution in [2.75, 3.05) is 20.8 Å². The maximum atomic E-state index is 12.9. The number of carbonyl (C=O) groups excluding carboxylic acids is 1. The Balaban J connectivity index is 1.38. The Bertz CT molecular complexity index is 1380. The third-order valence-electron chi connectivity index (χ3n) is 5.68. The van der Waals surface area contributed by atoms with Gasteiger partial charge < -0.3 is 14.8 Å². The highest BCUT2D eigenvalue weighted by atomic mass is 16.5. The summed E-state index contributed by atoms with van der Waals surface area (Å²) in [4.78, 5) is 29.8. The van der Waals surface area contributed by atoms with E-state index in [1.165, 1.54) is 6.20 Å². The number of rotatable bonds is 9. The molecule has 1 N–H and O–H groups in total. The summed E-state index contributed by atoms with van der Waals surface area (Å²) in [6.45, 7) is 3.22. The van der Waals surface area contributed by atoms with Gasteiger partial charge in [-0.2, -0.15) is 5.10 Å². The Kier molecular flexibility index (Phi) is 6.91. The SMILES string of the molecule is COc1ccc(CC(=O)NCCn2ncc3c(=O)n(Cc4ccccc4C)cnc32)cc1OC. The highest BCUT2D eigenvalue weighted by Gasteiger charge is 2.12. The smallest absolute Gasteiger partial charge is 0.264 e. The van der Waals surface area contributed by atoms with Gasteiger partial charge >= 0.3 is 0 Å². The Morgan fingerprint density at radius 3 is 2.65 bits per heavy atom. The highest BCUT2D eigenvalue weighted by Crippen LogP contribution is 2.27. The monoisotopic (exact) mass is 461 g/mol. The van der Waals surface area contributed by atoms with E-state index in [0.717, 1.165) is 16.7 Å². The molecule has 0 spiro atoms. The molecular formula is C25H27N5O4. The summed E-state index contributed by atoms with van der Waals surface area (Å²) >= 11 is 0. The van der Waals surface area contributed by atoms with Gasteiger partial charge in [-0.15, -0.1) is 0 Å². The van der Waals surface area contributed by atoms with E-state index in [4.69, 9.17) is 9.47 Å². The molecule has 0 atom stereocenters. The predicted molar refractivity (Wildman–Crippen MR) is 128 cm³/mol. The van der Waals surface area contributed by atoms with Crippen molar-refractivity contribution in [3.8, 4) is 11.5 Å². The van der Waals surface area contributed by atoms with Crippen molar-refractivity contribution in [1.82, 2.24) is 24.6 Å². The lowest BCUT2D eigenvalue weighted by atomic mass is 10.1. The average molecular weight is 462 g/mol. The molecule has 2 aromatic heterocycles. The van der Waals surface area contributed by atoms with E-state index in [-0.39, 0.29) is 17.9 Å². The first-order valence-corrected chi connectivity index (χ1v) is 10.9. The molecule has 4 aromatic rings. The molecule has 0 aliphatic heterocycles. The molecule has 0 aliphatic rings. The van der Waals surface area contributed by atoms with Crippen LogP contribution in [0.5, 0.6) is 11.5 Å². The van der Waals surface area contributed by atoms with E-state index in [2.05, 4.69) is 15.4 Å². The molecule has 2 aromatic carbocycles. The molecule has 0 fully saturated rings. The number of carbonyl (C=O) groups is 1. The lowest BCUT2D eigenvalue weighted by molar-refractivity contribution is -0.120. The van der Waals surface area contributed by atoms with Gasteiger partial charge in [0.25, 0.3) is 5.56 Å². The van der Waals surface area contributed by atoms with Crippen molar-refractivity contribution in [2.45, 2.75) is 26.4 Å². The number of aryl methyl sites for hydroxylation is 1. The van der Waals surface area contributed by atoms with Crippen LogP contribution >= 0.6 is 0 Å². The zero-order valence-corrected chi connectivity index (χ0v) is 19.4. The molecule has 9 heteroatoms. The van der Waals surface area contributed by atoms with Crippen LogP contribution in [0.25, 0.3) is 11.0 Å². The van der Waals surface area contributed by atoms with Crippen molar-refractivity contribution in [3.63, 3.8) is 0 Å². The lowest BCUT2D eigenvalue weighted by Crippen LogP contribution is -2.29.